The molecule has 3 heterocycles. The lowest BCUT2D eigenvalue weighted by atomic mass is 9.81. The monoisotopic (exact) mass is 447 g/mol. The smallest absolute Gasteiger partial charge is 0.196 e. The number of methoxy groups -OCH3 is 2. The summed E-state index contributed by atoms with van der Waals surface area (Å²) in [5, 5.41) is 3.32. The number of Topliss-reactive ketones (excluding diaryl/α,β-unsaturated/α-hetero) is 1. The number of hydrogen-bond donors (Lipinski definition) is 2. The fourth-order valence-corrected chi connectivity index (χ4v) is 5.03. The fourth-order valence-electron chi connectivity index (χ4n) is 5.03. The van der Waals surface area contributed by atoms with E-state index in [0.717, 1.165) is 35.6 Å². The molecule has 8 nitrogen and oxygen atoms in total. The van der Waals surface area contributed by atoms with E-state index in [9.17, 15) is 4.79 Å². The molecule has 1 fully saturated rings. The van der Waals surface area contributed by atoms with Crippen molar-refractivity contribution < 1.29 is 14.3 Å². The molecule has 0 amide bonds. The van der Waals surface area contributed by atoms with Gasteiger partial charge in [0.25, 0.3) is 0 Å². The van der Waals surface area contributed by atoms with E-state index in [-0.39, 0.29) is 5.78 Å². The van der Waals surface area contributed by atoms with Crippen LogP contribution in [0, 0.1) is 0 Å². The average molecular weight is 448 g/mol. The first-order chi connectivity index (χ1) is 16.0. The van der Waals surface area contributed by atoms with Crippen LogP contribution in [-0.4, -0.2) is 67.6 Å². The molecule has 172 valence electrons. The molecule has 2 aliphatic heterocycles. The molecule has 2 aliphatic rings. The van der Waals surface area contributed by atoms with Gasteiger partial charge in [-0.25, -0.2) is 4.98 Å². The van der Waals surface area contributed by atoms with E-state index in [1.807, 2.05) is 49.5 Å². The highest BCUT2D eigenvalue weighted by atomic mass is 16.5. The van der Waals surface area contributed by atoms with Gasteiger partial charge in [0, 0.05) is 38.3 Å². The van der Waals surface area contributed by atoms with Gasteiger partial charge >= 0.3 is 0 Å². The summed E-state index contributed by atoms with van der Waals surface area (Å²) in [5.74, 6) is 2.75. The summed E-state index contributed by atoms with van der Waals surface area (Å²) in [6.07, 6.45) is 1.41. The van der Waals surface area contributed by atoms with E-state index in [1.165, 1.54) is 0 Å². The van der Waals surface area contributed by atoms with Gasteiger partial charge in [-0.1, -0.05) is 12.1 Å². The number of hydrogen-bond acceptors (Lipinski definition) is 7. The number of piperidine rings is 1. The highest BCUT2D eigenvalue weighted by molar-refractivity contribution is 6.30. The van der Waals surface area contributed by atoms with Crippen molar-refractivity contribution in [1.29, 1.82) is 0 Å². The van der Waals surface area contributed by atoms with E-state index in [4.69, 9.17) is 14.5 Å². The Morgan fingerprint density at radius 3 is 2.33 bits per heavy atom. The zero-order valence-electron chi connectivity index (χ0n) is 19.4. The van der Waals surface area contributed by atoms with Gasteiger partial charge in [-0.3, -0.25) is 4.79 Å². The van der Waals surface area contributed by atoms with Crippen molar-refractivity contribution in [3.8, 4) is 11.5 Å². The van der Waals surface area contributed by atoms with Crippen LogP contribution in [-0.2, 0) is 4.79 Å². The summed E-state index contributed by atoms with van der Waals surface area (Å²) in [6, 6.07) is 13.6. The number of nitrogens with zero attached hydrogens (tertiary/aromatic N) is 3. The molecule has 2 N–H and O–H groups in total. The van der Waals surface area contributed by atoms with Crippen molar-refractivity contribution in [3.63, 3.8) is 0 Å². The Bertz CT molecular complexity index is 1180. The molecule has 1 aromatic heterocycles. The number of H-pyrrole nitrogens is 1. The third-order valence-electron chi connectivity index (χ3n) is 6.81. The summed E-state index contributed by atoms with van der Waals surface area (Å²) in [7, 11) is 7.21. The Morgan fingerprint density at radius 1 is 1.06 bits per heavy atom. The van der Waals surface area contributed by atoms with Crippen LogP contribution in [0.5, 0.6) is 11.5 Å². The predicted octanol–water partition coefficient (Wildman–Crippen LogP) is 3.02. The number of nitrogens with one attached hydrogen (secondary N) is 2. The molecule has 1 spiro atoms. The first-order valence-electron chi connectivity index (χ1n) is 11.1. The van der Waals surface area contributed by atoms with Crippen LogP contribution in [0.25, 0.3) is 16.6 Å². The summed E-state index contributed by atoms with van der Waals surface area (Å²) >= 11 is 0. The number of anilines is 1. The van der Waals surface area contributed by atoms with Crippen molar-refractivity contribution in [2.45, 2.75) is 18.4 Å². The number of rotatable bonds is 5. The van der Waals surface area contributed by atoms with Gasteiger partial charge < -0.3 is 29.6 Å². The number of likely N-dealkylation sites (tertiary alicyclic amines) is 1. The number of para-hydroxylation sites is 2. The molecule has 1 saturated heterocycles. The van der Waals surface area contributed by atoms with Crippen LogP contribution in [0.3, 0.4) is 0 Å². The highest BCUT2D eigenvalue weighted by Gasteiger charge is 2.55. The third kappa shape index (κ3) is 3.33. The molecule has 5 rings (SSSR count). The molecule has 0 aliphatic carbocycles. The molecule has 3 aromatic rings. The minimum absolute atomic E-state index is 0.0841. The van der Waals surface area contributed by atoms with Crippen LogP contribution in [0.1, 0.15) is 18.7 Å². The minimum Gasteiger partial charge on any atom is -0.497 e. The maximum absolute atomic E-state index is 14.2. The molecule has 0 radical (unpaired) electrons. The number of aromatic amines is 1. The van der Waals surface area contributed by atoms with Crippen molar-refractivity contribution in [2.75, 3.05) is 46.3 Å². The number of fused-ring (bicyclic) bond motifs is 1. The van der Waals surface area contributed by atoms with Crippen molar-refractivity contribution in [2.24, 2.45) is 0 Å². The first kappa shape index (κ1) is 21.3. The van der Waals surface area contributed by atoms with Crippen molar-refractivity contribution >= 4 is 28.1 Å². The number of ether oxygens (including phenoxy) is 2. The van der Waals surface area contributed by atoms with E-state index in [0.29, 0.717) is 35.7 Å². The lowest BCUT2D eigenvalue weighted by Crippen LogP contribution is -2.57. The largest absolute Gasteiger partial charge is 0.497 e. The lowest BCUT2D eigenvalue weighted by molar-refractivity contribution is -0.119. The SMILES string of the molecule is CNC1=C(c2nc3ccccc3[nH]2)C(=O)C2(CCN(C)CC2)N1c1cc(OC)cc(OC)c1. The molecule has 8 heteroatoms. The maximum Gasteiger partial charge on any atom is 0.196 e. The number of carbonyl (C=O) groups excluding carboxylic acids is 1. The molecule has 0 bridgehead atoms. The first-order valence-corrected chi connectivity index (χ1v) is 11.1. The number of carbonyl (C=O) groups is 1. The van der Waals surface area contributed by atoms with Crippen LogP contribution < -0.4 is 19.7 Å². The van der Waals surface area contributed by atoms with Crippen LogP contribution >= 0.6 is 0 Å². The van der Waals surface area contributed by atoms with Gasteiger partial charge in [-0.2, -0.15) is 0 Å². The topological polar surface area (TPSA) is 82.7 Å². The van der Waals surface area contributed by atoms with Gasteiger partial charge in [-0.15, -0.1) is 0 Å². The van der Waals surface area contributed by atoms with E-state index in [1.54, 1.807) is 14.2 Å². The Morgan fingerprint density at radius 2 is 1.73 bits per heavy atom. The van der Waals surface area contributed by atoms with Gasteiger partial charge in [0.05, 0.1) is 30.9 Å². The Labute approximate surface area is 193 Å². The minimum atomic E-state index is -0.712. The third-order valence-corrected chi connectivity index (χ3v) is 6.81. The molecule has 0 atom stereocenters. The zero-order valence-corrected chi connectivity index (χ0v) is 19.4. The second kappa shape index (κ2) is 8.12. The van der Waals surface area contributed by atoms with E-state index < -0.39 is 5.54 Å². The zero-order chi connectivity index (χ0) is 23.2. The van der Waals surface area contributed by atoms with Gasteiger partial charge in [0.15, 0.2) is 5.78 Å². The number of aromatic nitrogens is 2. The van der Waals surface area contributed by atoms with Crippen molar-refractivity contribution in [1.82, 2.24) is 20.2 Å². The molecular weight excluding hydrogens is 418 g/mol. The number of ketones is 1. The Balaban J connectivity index is 1.73. The summed E-state index contributed by atoms with van der Waals surface area (Å²) in [4.78, 5) is 26.8. The van der Waals surface area contributed by atoms with Crippen LogP contribution in [0.4, 0.5) is 5.69 Å². The number of benzene rings is 2. The highest BCUT2D eigenvalue weighted by Crippen LogP contribution is 2.47. The Hall–Kier alpha value is -3.52. The van der Waals surface area contributed by atoms with Gasteiger partial charge in [-0.05, 0) is 32.0 Å². The molecule has 2 aromatic carbocycles. The van der Waals surface area contributed by atoms with E-state index in [2.05, 4.69) is 27.1 Å². The maximum atomic E-state index is 14.2. The van der Waals surface area contributed by atoms with E-state index >= 15 is 0 Å². The number of imidazole rings is 1. The second-order valence-corrected chi connectivity index (χ2v) is 8.65. The standard InChI is InChI=1S/C25H29N5O3/c1-26-24-21(23-27-19-7-5-6-8-20(19)28-23)22(31)25(9-11-29(2)12-10-25)30(24)16-13-17(32-3)15-18(14-16)33-4/h5-8,13-15,26H,9-12H2,1-4H3,(H,27,28). The molecule has 0 unspecified atom stereocenters. The van der Waals surface area contributed by atoms with Gasteiger partial charge in [0.2, 0.25) is 0 Å². The van der Waals surface area contributed by atoms with Crippen molar-refractivity contribution in [3.05, 3.63) is 54.1 Å². The summed E-state index contributed by atoms with van der Waals surface area (Å²) in [6.45, 7) is 1.65. The Kier molecular flexibility index (Phi) is 5.25. The van der Waals surface area contributed by atoms with Crippen LogP contribution in [0.15, 0.2) is 48.3 Å². The predicted molar refractivity (Wildman–Crippen MR) is 129 cm³/mol. The molecule has 0 saturated carbocycles. The fraction of sp³-hybridized carbons (Fsp3) is 0.360. The quantitative estimate of drug-likeness (QED) is 0.622. The normalized spacial score (nSPS) is 18.4. The molecule has 33 heavy (non-hydrogen) atoms. The summed E-state index contributed by atoms with van der Waals surface area (Å²) < 4.78 is 11.1. The summed E-state index contributed by atoms with van der Waals surface area (Å²) in [5.41, 5.74) is 2.46. The van der Waals surface area contributed by atoms with Gasteiger partial charge in [0.1, 0.15) is 34.3 Å². The van der Waals surface area contributed by atoms with Crippen LogP contribution in [0.2, 0.25) is 0 Å². The second-order valence-electron chi connectivity index (χ2n) is 8.65. The molecular formula is C25H29N5O3. The average Bonchev–Trinajstić information content (AvgIpc) is 3.37. The lowest BCUT2D eigenvalue weighted by Gasteiger charge is -2.44.